The zero-order valence-corrected chi connectivity index (χ0v) is 11.6. The smallest absolute Gasteiger partial charge is 0.311 e. The maximum atomic E-state index is 10.6. The normalized spacial score (nSPS) is 12.2. The molecule has 1 aromatic rings. The molecule has 0 aliphatic rings. The highest BCUT2D eigenvalue weighted by Crippen LogP contribution is 2.23. The van der Waals surface area contributed by atoms with Gasteiger partial charge < -0.3 is 10.6 Å². The van der Waals surface area contributed by atoms with Crippen LogP contribution in [0.5, 0.6) is 0 Å². The summed E-state index contributed by atoms with van der Waals surface area (Å²) in [5, 5.41) is 10.6. The van der Waals surface area contributed by atoms with Crippen molar-refractivity contribution in [3.8, 4) is 0 Å². The summed E-state index contributed by atoms with van der Waals surface area (Å²) in [5.41, 5.74) is 5.43. The van der Waals surface area contributed by atoms with Crippen LogP contribution in [-0.4, -0.2) is 35.0 Å². The molecule has 0 spiro atoms. The van der Waals surface area contributed by atoms with Gasteiger partial charge in [0.1, 0.15) is 5.82 Å². The minimum absolute atomic E-state index is 0.0404. The van der Waals surface area contributed by atoms with Gasteiger partial charge in [-0.1, -0.05) is 0 Å². The van der Waals surface area contributed by atoms with E-state index in [0.717, 1.165) is 12.2 Å². The van der Waals surface area contributed by atoms with Gasteiger partial charge in [-0.05, 0) is 31.4 Å². The molecule has 18 heavy (non-hydrogen) atoms. The molecule has 0 aliphatic heterocycles. The Morgan fingerprint density at radius 3 is 2.78 bits per heavy atom. The Kier molecular flexibility index (Phi) is 5.21. The van der Waals surface area contributed by atoms with E-state index in [1.54, 1.807) is 17.8 Å². The maximum Gasteiger partial charge on any atom is 0.311 e. The molecule has 0 aromatic carbocycles. The van der Waals surface area contributed by atoms with Crippen LogP contribution in [0, 0.1) is 10.1 Å². The second-order valence-corrected chi connectivity index (χ2v) is 5.06. The molecule has 0 radical (unpaired) electrons. The number of aromatic nitrogens is 1. The lowest BCUT2D eigenvalue weighted by atomic mass is 10.2. The van der Waals surface area contributed by atoms with Crippen LogP contribution in [0.3, 0.4) is 0 Å². The minimum Gasteiger partial charge on any atom is -0.378 e. The van der Waals surface area contributed by atoms with Gasteiger partial charge in [0.25, 0.3) is 0 Å². The minimum atomic E-state index is -0.525. The largest absolute Gasteiger partial charge is 0.378 e. The number of hydrogen-bond acceptors (Lipinski definition) is 6. The van der Waals surface area contributed by atoms with Crippen molar-refractivity contribution >= 4 is 29.1 Å². The summed E-state index contributed by atoms with van der Waals surface area (Å²) >= 11 is 1.79. The van der Waals surface area contributed by atoms with E-state index in [2.05, 4.69) is 18.2 Å². The molecule has 0 bridgehead atoms. The fraction of sp³-hybridized carbons (Fsp3) is 0.545. The summed E-state index contributed by atoms with van der Waals surface area (Å²) in [6, 6.07) is 3.34. The summed E-state index contributed by atoms with van der Waals surface area (Å²) in [6.45, 7) is 2.09. The van der Waals surface area contributed by atoms with E-state index in [-0.39, 0.29) is 11.5 Å². The molecule has 1 heterocycles. The second kappa shape index (κ2) is 6.44. The lowest BCUT2D eigenvalue weighted by Crippen LogP contribution is -2.30. The zero-order chi connectivity index (χ0) is 13.7. The molecule has 6 nitrogen and oxygen atoms in total. The highest BCUT2D eigenvalue weighted by molar-refractivity contribution is 7.98. The number of nitro groups is 1. The highest BCUT2D eigenvalue weighted by Gasteiger charge is 2.16. The van der Waals surface area contributed by atoms with E-state index in [1.165, 1.54) is 6.07 Å². The summed E-state index contributed by atoms with van der Waals surface area (Å²) in [5.74, 6) is 1.68. The first kappa shape index (κ1) is 14.6. The summed E-state index contributed by atoms with van der Waals surface area (Å²) < 4.78 is 0. The van der Waals surface area contributed by atoms with E-state index < -0.39 is 4.92 Å². The highest BCUT2D eigenvalue weighted by atomic mass is 32.2. The molecule has 1 unspecified atom stereocenters. The predicted molar refractivity (Wildman–Crippen MR) is 76.2 cm³/mol. The second-order valence-electron chi connectivity index (χ2n) is 4.07. The van der Waals surface area contributed by atoms with E-state index in [9.17, 15) is 10.1 Å². The molecule has 2 N–H and O–H groups in total. The predicted octanol–water partition coefficient (Wildman–Crippen LogP) is 2.15. The average Bonchev–Trinajstić information content (AvgIpc) is 2.34. The lowest BCUT2D eigenvalue weighted by molar-refractivity contribution is -0.384. The van der Waals surface area contributed by atoms with Crippen LogP contribution >= 0.6 is 11.8 Å². The van der Waals surface area contributed by atoms with Crippen LogP contribution < -0.4 is 10.6 Å². The van der Waals surface area contributed by atoms with E-state index >= 15 is 0 Å². The Balaban J connectivity index is 2.83. The van der Waals surface area contributed by atoms with Gasteiger partial charge >= 0.3 is 5.69 Å². The zero-order valence-electron chi connectivity index (χ0n) is 10.8. The van der Waals surface area contributed by atoms with Crippen molar-refractivity contribution in [2.45, 2.75) is 19.4 Å². The number of pyridine rings is 1. The number of nitrogens with two attached hydrogens (primary N) is 1. The number of nitrogens with zero attached hydrogens (tertiary/aromatic N) is 3. The van der Waals surface area contributed by atoms with Gasteiger partial charge in [-0.25, -0.2) is 4.98 Å². The van der Waals surface area contributed by atoms with Gasteiger partial charge in [0, 0.05) is 19.2 Å². The quantitative estimate of drug-likeness (QED) is 0.629. The summed E-state index contributed by atoms with van der Waals surface area (Å²) in [6.07, 6.45) is 3.09. The summed E-state index contributed by atoms with van der Waals surface area (Å²) in [4.78, 5) is 16.2. The number of hydrogen-bond donors (Lipinski definition) is 1. The van der Waals surface area contributed by atoms with Crippen LogP contribution in [0.25, 0.3) is 0 Å². The first-order valence-electron chi connectivity index (χ1n) is 5.60. The standard InChI is InChI=1S/C11H18N4O2S/c1-8(6-7-18-3)14(2)10-5-4-9(15(16)17)11(12)13-10/h4-5,8H,6-7H2,1-3H3,(H2,12,13). The monoisotopic (exact) mass is 270 g/mol. The Bertz CT molecular complexity index is 428. The summed E-state index contributed by atoms with van der Waals surface area (Å²) in [7, 11) is 1.92. The molecule has 0 saturated carbocycles. The average molecular weight is 270 g/mol. The molecule has 0 amide bonds. The van der Waals surface area contributed by atoms with Gasteiger partial charge in [0.05, 0.1) is 4.92 Å². The van der Waals surface area contributed by atoms with Crippen LogP contribution in [0.4, 0.5) is 17.3 Å². The fourth-order valence-electron chi connectivity index (χ4n) is 1.52. The van der Waals surface area contributed by atoms with Crippen LogP contribution in [0.1, 0.15) is 13.3 Å². The van der Waals surface area contributed by atoms with Crippen molar-refractivity contribution in [1.29, 1.82) is 0 Å². The van der Waals surface area contributed by atoms with E-state index in [4.69, 9.17) is 5.73 Å². The third kappa shape index (κ3) is 3.49. The molecule has 100 valence electrons. The fourth-order valence-corrected chi connectivity index (χ4v) is 2.09. The van der Waals surface area contributed by atoms with Crippen LogP contribution in [-0.2, 0) is 0 Å². The Morgan fingerprint density at radius 2 is 2.28 bits per heavy atom. The molecular weight excluding hydrogens is 252 g/mol. The van der Waals surface area contributed by atoms with Gasteiger partial charge in [-0.15, -0.1) is 0 Å². The number of thioether (sulfide) groups is 1. The van der Waals surface area contributed by atoms with Gasteiger partial charge in [0.15, 0.2) is 0 Å². The Morgan fingerprint density at radius 1 is 1.61 bits per heavy atom. The van der Waals surface area contributed by atoms with Gasteiger partial charge in [-0.3, -0.25) is 10.1 Å². The van der Waals surface area contributed by atoms with Crippen molar-refractivity contribution < 1.29 is 4.92 Å². The van der Waals surface area contributed by atoms with Crippen molar-refractivity contribution in [1.82, 2.24) is 4.98 Å². The molecular formula is C11H18N4O2S. The van der Waals surface area contributed by atoms with Crippen molar-refractivity contribution in [2.24, 2.45) is 0 Å². The first-order chi connectivity index (χ1) is 8.47. The third-order valence-electron chi connectivity index (χ3n) is 2.85. The molecule has 0 fully saturated rings. The van der Waals surface area contributed by atoms with Gasteiger partial charge in [-0.2, -0.15) is 11.8 Å². The maximum absolute atomic E-state index is 10.6. The third-order valence-corrected chi connectivity index (χ3v) is 3.49. The van der Waals surface area contributed by atoms with Crippen LogP contribution in [0.2, 0.25) is 0 Å². The molecule has 1 rings (SSSR count). The number of nitrogen functional groups attached to an aromatic ring is 1. The topological polar surface area (TPSA) is 85.3 Å². The SMILES string of the molecule is CSCCC(C)N(C)c1ccc([N+](=O)[O-])c(N)n1. The van der Waals surface area contributed by atoms with E-state index in [0.29, 0.717) is 11.9 Å². The molecule has 1 aromatic heterocycles. The number of anilines is 2. The molecule has 0 aliphatic carbocycles. The van der Waals surface area contributed by atoms with Crippen molar-refractivity contribution in [3.63, 3.8) is 0 Å². The van der Waals surface area contributed by atoms with E-state index in [1.807, 2.05) is 11.9 Å². The molecule has 0 saturated heterocycles. The Labute approximate surface area is 111 Å². The van der Waals surface area contributed by atoms with Gasteiger partial charge in [0.2, 0.25) is 5.82 Å². The van der Waals surface area contributed by atoms with Crippen LogP contribution in [0.15, 0.2) is 12.1 Å². The Hall–Kier alpha value is -1.50. The first-order valence-corrected chi connectivity index (χ1v) is 6.99. The molecule has 7 heteroatoms. The molecule has 1 atom stereocenters. The lowest BCUT2D eigenvalue weighted by Gasteiger charge is -2.25. The van der Waals surface area contributed by atoms with Crippen molar-refractivity contribution in [3.05, 3.63) is 22.2 Å². The number of rotatable bonds is 6. The van der Waals surface area contributed by atoms with Crippen molar-refractivity contribution in [2.75, 3.05) is 29.7 Å².